The molecule has 178 valence electrons. The Morgan fingerprint density at radius 2 is 1.85 bits per heavy atom. The van der Waals surface area contributed by atoms with Crippen LogP contribution in [-0.2, 0) is 22.7 Å². The first-order valence-electron chi connectivity index (χ1n) is 11.2. The highest BCUT2D eigenvalue weighted by atomic mass is 19.1. The van der Waals surface area contributed by atoms with E-state index < -0.39 is 18.1 Å². The molecule has 0 spiro atoms. The Morgan fingerprint density at radius 3 is 2.68 bits per heavy atom. The smallest absolute Gasteiger partial charge is 0.327 e. The predicted molar refractivity (Wildman–Crippen MR) is 118 cm³/mol. The summed E-state index contributed by atoms with van der Waals surface area (Å²) in [5.41, 5.74) is 1.47. The third-order valence-corrected chi connectivity index (χ3v) is 6.33. The molecule has 2 unspecified atom stereocenters. The molecule has 0 saturated carbocycles. The zero-order chi connectivity index (χ0) is 23.7. The molecule has 2 atom stereocenters. The lowest BCUT2D eigenvalue weighted by Crippen LogP contribution is -2.70. The number of urea groups is 1. The molecule has 2 saturated heterocycles. The number of carbonyl (C=O) groups is 3. The summed E-state index contributed by atoms with van der Waals surface area (Å²) in [6.07, 6.45) is 1.44. The average Bonchev–Trinajstić information content (AvgIpc) is 3.32. The lowest BCUT2D eigenvalue weighted by atomic mass is 9.93. The molecule has 0 aliphatic carbocycles. The van der Waals surface area contributed by atoms with Gasteiger partial charge in [0.2, 0.25) is 18.6 Å². The summed E-state index contributed by atoms with van der Waals surface area (Å²) in [4.78, 5) is 42.0. The number of hydrogen-bond donors (Lipinski definition) is 2. The van der Waals surface area contributed by atoms with Crippen molar-refractivity contribution in [3.05, 3.63) is 59.4 Å². The molecule has 3 heterocycles. The largest absolute Gasteiger partial charge is 0.454 e. The van der Waals surface area contributed by atoms with Crippen molar-refractivity contribution < 1.29 is 28.2 Å². The number of nitrogens with one attached hydrogen (secondary N) is 2. The highest BCUT2D eigenvalue weighted by molar-refractivity contribution is 6.01. The van der Waals surface area contributed by atoms with Crippen molar-refractivity contribution in [1.82, 2.24) is 20.4 Å². The van der Waals surface area contributed by atoms with Gasteiger partial charge in [-0.2, -0.15) is 0 Å². The van der Waals surface area contributed by atoms with Crippen LogP contribution < -0.4 is 20.1 Å². The standard InChI is InChI=1S/C24H25FN4O5/c25-17-6-3-15(4-7-17)11-27-21(30)13-28-18-2-1-9-26-22(18)23(31)29(24(28)32)12-16-5-8-19-20(10-16)34-14-33-19/h3-8,10,18,22,26H,1-2,9,11-14H2,(H,27,30). The number of rotatable bonds is 6. The topological polar surface area (TPSA) is 100 Å². The van der Waals surface area contributed by atoms with Gasteiger partial charge in [0, 0.05) is 6.54 Å². The van der Waals surface area contributed by atoms with Crippen LogP contribution in [0.2, 0.25) is 0 Å². The summed E-state index contributed by atoms with van der Waals surface area (Å²) in [5, 5.41) is 5.99. The monoisotopic (exact) mass is 468 g/mol. The van der Waals surface area contributed by atoms with Crippen LogP contribution in [0.15, 0.2) is 42.5 Å². The van der Waals surface area contributed by atoms with E-state index in [1.54, 1.807) is 30.3 Å². The maximum atomic E-state index is 13.4. The van der Waals surface area contributed by atoms with E-state index in [9.17, 15) is 18.8 Å². The highest BCUT2D eigenvalue weighted by Crippen LogP contribution is 2.33. The second kappa shape index (κ2) is 9.30. The fourth-order valence-electron chi connectivity index (χ4n) is 4.58. The van der Waals surface area contributed by atoms with Gasteiger partial charge in [-0.3, -0.25) is 14.5 Å². The summed E-state index contributed by atoms with van der Waals surface area (Å²) < 4.78 is 23.8. The number of halogens is 1. The van der Waals surface area contributed by atoms with E-state index in [-0.39, 0.29) is 44.1 Å². The number of carbonyl (C=O) groups excluding carboxylic acids is 3. The van der Waals surface area contributed by atoms with Gasteiger partial charge in [0.25, 0.3) is 0 Å². The van der Waals surface area contributed by atoms with Gasteiger partial charge in [0.15, 0.2) is 11.5 Å². The Balaban J connectivity index is 1.30. The number of ether oxygens (including phenoxy) is 2. The van der Waals surface area contributed by atoms with E-state index in [2.05, 4.69) is 10.6 Å². The summed E-state index contributed by atoms with van der Waals surface area (Å²) in [5.74, 6) is 0.195. The van der Waals surface area contributed by atoms with Crippen LogP contribution in [0.25, 0.3) is 0 Å². The average molecular weight is 468 g/mol. The molecule has 34 heavy (non-hydrogen) atoms. The van der Waals surface area contributed by atoms with Crippen LogP contribution in [0.5, 0.6) is 11.5 Å². The van der Waals surface area contributed by atoms with Crippen molar-refractivity contribution in [2.24, 2.45) is 0 Å². The fraction of sp³-hybridized carbons (Fsp3) is 0.375. The maximum absolute atomic E-state index is 13.4. The quantitative estimate of drug-likeness (QED) is 0.670. The van der Waals surface area contributed by atoms with Gasteiger partial charge in [0.05, 0.1) is 12.6 Å². The zero-order valence-corrected chi connectivity index (χ0v) is 18.5. The Morgan fingerprint density at radius 1 is 1.09 bits per heavy atom. The van der Waals surface area contributed by atoms with Crippen LogP contribution in [0, 0.1) is 5.82 Å². The molecule has 3 aliphatic heterocycles. The van der Waals surface area contributed by atoms with E-state index in [1.807, 2.05) is 0 Å². The summed E-state index contributed by atoms with van der Waals surface area (Å²) in [6.45, 7) is 0.909. The number of imide groups is 1. The van der Waals surface area contributed by atoms with Crippen molar-refractivity contribution in [3.63, 3.8) is 0 Å². The minimum atomic E-state index is -0.564. The van der Waals surface area contributed by atoms with Gasteiger partial charge in [-0.25, -0.2) is 9.18 Å². The zero-order valence-electron chi connectivity index (χ0n) is 18.5. The Hall–Kier alpha value is -3.66. The molecule has 0 radical (unpaired) electrons. The van der Waals surface area contributed by atoms with Crippen molar-refractivity contribution in [2.45, 2.75) is 38.0 Å². The van der Waals surface area contributed by atoms with E-state index in [0.29, 0.717) is 24.5 Å². The number of hydrogen-bond acceptors (Lipinski definition) is 6. The second-order valence-corrected chi connectivity index (χ2v) is 8.57. The van der Waals surface area contributed by atoms with Crippen LogP contribution in [0.3, 0.4) is 0 Å². The molecular weight excluding hydrogens is 443 g/mol. The summed E-state index contributed by atoms with van der Waals surface area (Å²) >= 11 is 0. The summed E-state index contributed by atoms with van der Waals surface area (Å²) in [6, 6.07) is 9.67. The molecule has 5 rings (SSSR count). The van der Waals surface area contributed by atoms with Gasteiger partial charge < -0.3 is 25.0 Å². The summed E-state index contributed by atoms with van der Waals surface area (Å²) in [7, 11) is 0. The first-order valence-corrected chi connectivity index (χ1v) is 11.2. The van der Waals surface area contributed by atoms with Crippen LogP contribution in [0.1, 0.15) is 24.0 Å². The van der Waals surface area contributed by atoms with E-state index in [4.69, 9.17) is 9.47 Å². The second-order valence-electron chi connectivity index (χ2n) is 8.57. The number of piperidine rings is 1. The molecule has 0 bridgehead atoms. The van der Waals surface area contributed by atoms with Gasteiger partial charge in [-0.1, -0.05) is 18.2 Å². The van der Waals surface area contributed by atoms with E-state index in [0.717, 1.165) is 17.5 Å². The third kappa shape index (κ3) is 4.41. The van der Waals surface area contributed by atoms with Crippen molar-refractivity contribution in [1.29, 1.82) is 0 Å². The number of fused-ring (bicyclic) bond motifs is 2. The van der Waals surface area contributed by atoms with Gasteiger partial charge in [-0.05, 0) is 54.8 Å². The molecule has 2 aromatic carbocycles. The minimum Gasteiger partial charge on any atom is -0.454 e. The molecule has 0 aromatic heterocycles. The molecule has 2 fully saturated rings. The molecule has 2 aromatic rings. The van der Waals surface area contributed by atoms with Crippen LogP contribution >= 0.6 is 0 Å². The Kier molecular flexibility index (Phi) is 6.06. The Labute approximate surface area is 195 Å². The molecule has 9 nitrogen and oxygen atoms in total. The molecular formula is C24H25FN4O5. The normalized spacial score (nSPS) is 21.4. The molecule has 10 heteroatoms. The van der Waals surface area contributed by atoms with Gasteiger partial charge in [0.1, 0.15) is 18.4 Å². The number of nitrogens with zero attached hydrogens (tertiary/aromatic N) is 2. The Bertz CT molecular complexity index is 1110. The predicted octanol–water partition coefficient (Wildman–Crippen LogP) is 1.76. The molecule has 4 amide bonds. The lowest BCUT2D eigenvalue weighted by molar-refractivity contribution is -0.139. The van der Waals surface area contributed by atoms with Crippen molar-refractivity contribution in [3.8, 4) is 11.5 Å². The van der Waals surface area contributed by atoms with Crippen molar-refractivity contribution in [2.75, 3.05) is 19.9 Å². The van der Waals surface area contributed by atoms with E-state index >= 15 is 0 Å². The highest BCUT2D eigenvalue weighted by Gasteiger charge is 2.47. The van der Waals surface area contributed by atoms with E-state index in [1.165, 1.54) is 21.9 Å². The maximum Gasteiger partial charge on any atom is 0.327 e. The van der Waals surface area contributed by atoms with Gasteiger partial charge >= 0.3 is 6.03 Å². The first kappa shape index (κ1) is 22.1. The first-order chi connectivity index (χ1) is 16.5. The van der Waals surface area contributed by atoms with Gasteiger partial charge in [-0.15, -0.1) is 0 Å². The number of amides is 4. The van der Waals surface area contributed by atoms with Crippen LogP contribution in [0.4, 0.5) is 9.18 Å². The van der Waals surface area contributed by atoms with Crippen LogP contribution in [-0.4, -0.2) is 59.6 Å². The fourth-order valence-corrected chi connectivity index (χ4v) is 4.58. The lowest BCUT2D eigenvalue weighted by Gasteiger charge is -2.46. The minimum absolute atomic E-state index is 0.0624. The molecule has 3 aliphatic rings. The SMILES string of the molecule is O=C(CN1C(=O)N(Cc2ccc3c(c2)OCO3)C(=O)C2NCCCC21)NCc1ccc(F)cc1. The number of benzene rings is 2. The third-order valence-electron chi connectivity index (χ3n) is 6.33. The molecule has 2 N–H and O–H groups in total. The van der Waals surface area contributed by atoms with Crippen molar-refractivity contribution >= 4 is 17.8 Å².